The Balaban J connectivity index is 2.20. The van der Waals surface area contributed by atoms with Gasteiger partial charge in [-0.15, -0.1) is 0 Å². The minimum Gasteiger partial charge on any atom is -0.495 e. The van der Waals surface area contributed by atoms with Crippen molar-refractivity contribution in [3.8, 4) is 11.5 Å². The first-order valence-corrected chi connectivity index (χ1v) is 6.62. The molecule has 0 spiro atoms. The normalized spacial score (nSPS) is 10.0. The summed E-state index contributed by atoms with van der Waals surface area (Å²) in [4.78, 5) is 12.3. The van der Waals surface area contributed by atoms with Crippen LogP contribution in [0.2, 0.25) is 0 Å². The van der Waals surface area contributed by atoms with Gasteiger partial charge in [0.2, 0.25) is 0 Å². The van der Waals surface area contributed by atoms with Gasteiger partial charge in [0.25, 0.3) is 5.91 Å². The lowest BCUT2D eigenvalue weighted by Crippen LogP contribution is -2.14. The topological polar surface area (TPSA) is 73.6 Å². The fourth-order valence-electron chi connectivity index (χ4n) is 1.95. The van der Waals surface area contributed by atoms with Gasteiger partial charge in [-0.2, -0.15) is 0 Å². The smallest absolute Gasteiger partial charge is 0.257 e. The number of carbonyl (C=O) groups is 1. The summed E-state index contributed by atoms with van der Waals surface area (Å²) in [5.74, 6) is 0.889. The van der Waals surface area contributed by atoms with Crippen LogP contribution in [0.3, 0.4) is 0 Å². The molecule has 5 heteroatoms. The van der Waals surface area contributed by atoms with E-state index in [1.165, 1.54) is 7.11 Å². The molecule has 2 aromatic carbocycles. The molecule has 1 amide bonds. The molecule has 0 aliphatic carbocycles. The van der Waals surface area contributed by atoms with Gasteiger partial charge in [-0.25, -0.2) is 0 Å². The van der Waals surface area contributed by atoms with Gasteiger partial charge in [-0.1, -0.05) is 12.1 Å². The van der Waals surface area contributed by atoms with Crippen LogP contribution in [0.15, 0.2) is 42.5 Å². The molecule has 0 radical (unpaired) electrons. The molecule has 3 N–H and O–H groups in total. The molecule has 0 fully saturated rings. The first-order valence-electron chi connectivity index (χ1n) is 6.62. The van der Waals surface area contributed by atoms with Crippen molar-refractivity contribution in [1.29, 1.82) is 0 Å². The van der Waals surface area contributed by atoms with E-state index >= 15 is 0 Å². The van der Waals surface area contributed by atoms with Crippen LogP contribution in [0.5, 0.6) is 11.5 Å². The number of methoxy groups -OCH3 is 1. The maximum atomic E-state index is 12.3. The van der Waals surface area contributed by atoms with Crippen LogP contribution in [0, 0.1) is 0 Å². The molecule has 21 heavy (non-hydrogen) atoms. The molecule has 110 valence electrons. The van der Waals surface area contributed by atoms with Gasteiger partial charge < -0.3 is 20.5 Å². The highest BCUT2D eigenvalue weighted by Crippen LogP contribution is 2.26. The van der Waals surface area contributed by atoms with Gasteiger partial charge in [0, 0.05) is 11.8 Å². The zero-order valence-electron chi connectivity index (χ0n) is 12.1. The molecule has 5 nitrogen and oxygen atoms in total. The monoisotopic (exact) mass is 286 g/mol. The molecule has 0 atom stereocenters. The quantitative estimate of drug-likeness (QED) is 0.829. The third-order valence-electron chi connectivity index (χ3n) is 2.93. The number of anilines is 2. The molecule has 2 aromatic rings. The Morgan fingerprint density at radius 3 is 2.71 bits per heavy atom. The summed E-state index contributed by atoms with van der Waals surface area (Å²) in [7, 11) is 1.51. The largest absolute Gasteiger partial charge is 0.495 e. The van der Waals surface area contributed by atoms with Gasteiger partial charge in [0.05, 0.1) is 25.0 Å². The van der Waals surface area contributed by atoms with E-state index in [1.54, 1.807) is 30.3 Å². The molecule has 0 saturated heterocycles. The van der Waals surface area contributed by atoms with Crippen LogP contribution in [0.4, 0.5) is 11.4 Å². The summed E-state index contributed by atoms with van der Waals surface area (Å²) >= 11 is 0. The Bertz CT molecular complexity index is 641. The molecular weight excluding hydrogens is 268 g/mol. The highest BCUT2D eigenvalue weighted by atomic mass is 16.5. The van der Waals surface area contributed by atoms with E-state index in [9.17, 15) is 4.79 Å². The van der Waals surface area contributed by atoms with E-state index in [0.717, 1.165) is 0 Å². The van der Waals surface area contributed by atoms with Crippen LogP contribution in [-0.2, 0) is 0 Å². The van der Waals surface area contributed by atoms with Crippen LogP contribution in [0.1, 0.15) is 17.3 Å². The predicted octanol–water partition coefficient (Wildman–Crippen LogP) is 2.93. The van der Waals surface area contributed by atoms with Crippen molar-refractivity contribution in [3.63, 3.8) is 0 Å². The van der Waals surface area contributed by atoms with Crippen molar-refractivity contribution in [2.75, 3.05) is 24.8 Å². The number of nitrogens with one attached hydrogen (secondary N) is 1. The van der Waals surface area contributed by atoms with Gasteiger partial charge in [0.15, 0.2) is 0 Å². The molecular formula is C16H18N2O3. The molecule has 0 bridgehead atoms. The Hall–Kier alpha value is -2.69. The second-order valence-electron chi connectivity index (χ2n) is 4.34. The minimum atomic E-state index is -0.292. The van der Waals surface area contributed by atoms with E-state index < -0.39 is 0 Å². The van der Waals surface area contributed by atoms with Gasteiger partial charge in [0.1, 0.15) is 11.5 Å². The number of hydrogen-bond acceptors (Lipinski definition) is 4. The Morgan fingerprint density at radius 2 is 2.00 bits per heavy atom. The van der Waals surface area contributed by atoms with Crippen molar-refractivity contribution < 1.29 is 14.3 Å². The average molecular weight is 286 g/mol. The Kier molecular flexibility index (Phi) is 4.66. The highest BCUT2D eigenvalue weighted by Gasteiger charge is 2.13. The van der Waals surface area contributed by atoms with Crippen LogP contribution >= 0.6 is 0 Å². The van der Waals surface area contributed by atoms with E-state index in [4.69, 9.17) is 15.2 Å². The summed E-state index contributed by atoms with van der Waals surface area (Å²) in [6.07, 6.45) is 0. The zero-order valence-corrected chi connectivity index (χ0v) is 12.1. The number of benzene rings is 2. The number of para-hydroxylation sites is 1. The maximum absolute atomic E-state index is 12.3. The highest BCUT2D eigenvalue weighted by molar-refractivity contribution is 6.08. The van der Waals surface area contributed by atoms with E-state index in [0.29, 0.717) is 35.0 Å². The number of rotatable bonds is 5. The lowest BCUT2D eigenvalue weighted by atomic mass is 10.1. The first kappa shape index (κ1) is 14.7. The predicted molar refractivity (Wildman–Crippen MR) is 83.0 cm³/mol. The van der Waals surface area contributed by atoms with Crippen LogP contribution in [-0.4, -0.2) is 19.6 Å². The lowest BCUT2D eigenvalue weighted by Gasteiger charge is -2.11. The molecule has 0 aromatic heterocycles. The van der Waals surface area contributed by atoms with Crippen molar-refractivity contribution in [3.05, 3.63) is 48.0 Å². The second kappa shape index (κ2) is 6.65. The Morgan fingerprint density at radius 1 is 1.24 bits per heavy atom. The van der Waals surface area contributed by atoms with Crippen molar-refractivity contribution >= 4 is 17.3 Å². The van der Waals surface area contributed by atoms with Gasteiger partial charge in [-0.05, 0) is 31.2 Å². The van der Waals surface area contributed by atoms with Gasteiger partial charge >= 0.3 is 0 Å². The molecule has 0 saturated carbocycles. The zero-order chi connectivity index (χ0) is 15.2. The SMILES string of the molecule is CCOc1cccc(NC(=O)c2cccc(OC)c2N)c1. The van der Waals surface area contributed by atoms with E-state index in [2.05, 4.69) is 5.32 Å². The molecule has 0 heterocycles. The molecule has 0 aliphatic rings. The molecule has 2 rings (SSSR count). The standard InChI is InChI=1S/C16H18N2O3/c1-3-21-12-7-4-6-11(10-12)18-16(19)13-8-5-9-14(20-2)15(13)17/h4-10H,3,17H2,1-2H3,(H,18,19). The number of amides is 1. The van der Waals surface area contributed by atoms with Crippen LogP contribution in [0.25, 0.3) is 0 Å². The summed E-state index contributed by atoms with van der Waals surface area (Å²) in [5, 5.41) is 2.79. The number of ether oxygens (including phenoxy) is 2. The summed E-state index contributed by atoms with van der Waals surface area (Å²) in [6, 6.07) is 12.3. The van der Waals surface area contributed by atoms with Crippen molar-refractivity contribution in [2.45, 2.75) is 6.92 Å². The minimum absolute atomic E-state index is 0.292. The number of carbonyl (C=O) groups excluding carboxylic acids is 1. The van der Waals surface area contributed by atoms with Crippen molar-refractivity contribution in [1.82, 2.24) is 0 Å². The number of hydrogen-bond donors (Lipinski definition) is 2. The van der Waals surface area contributed by atoms with E-state index in [-0.39, 0.29) is 5.91 Å². The fraction of sp³-hybridized carbons (Fsp3) is 0.188. The molecule has 0 aliphatic heterocycles. The van der Waals surface area contributed by atoms with Crippen molar-refractivity contribution in [2.24, 2.45) is 0 Å². The number of nitrogen functional groups attached to an aromatic ring is 1. The summed E-state index contributed by atoms with van der Waals surface area (Å²) in [6.45, 7) is 2.47. The lowest BCUT2D eigenvalue weighted by molar-refractivity contribution is 0.102. The summed E-state index contributed by atoms with van der Waals surface area (Å²) in [5.41, 5.74) is 7.25. The number of nitrogens with two attached hydrogens (primary N) is 1. The maximum Gasteiger partial charge on any atom is 0.257 e. The molecule has 0 unspecified atom stereocenters. The summed E-state index contributed by atoms with van der Waals surface area (Å²) < 4.78 is 10.5. The third-order valence-corrected chi connectivity index (χ3v) is 2.93. The fourth-order valence-corrected chi connectivity index (χ4v) is 1.95. The first-order chi connectivity index (χ1) is 10.2. The Labute approximate surface area is 123 Å². The van der Waals surface area contributed by atoms with E-state index in [1.807, 2.05) is 19.1 Å². The second-order valence-corrected chi connectivity index (χ2v) is 4.34. The van der Waals surface area contributed by atoms with Gasteiger partial charge in [-0.3, -0.25) is 4.79 Å². The van der Waals surface area contributed by atoms with Crippen LogP contribution < -0.4 is 20.5 Å². The third kappa shape index (κ3) is 3.45. The average Bonchev–Trinajstić information content (AvgIpc) is 2.48.